The Morgan fingerprint density at radius 2 is 2.36 bits per heavy atom. The molecular formula is C9H14O2. The van der Waals surface area contributed by atoms with Crippen LogP contribution in [0.25, 0.3) is 0 Å². The lowest BCUT2D eigenvalue weighted by Gasteiger charge is -2.21. The van der Waals surface area contributed by atoms with Gasteiger partial charge in [0.1, 0.15) is 0 Å². The molecular weight excluding hydrogens is 140 g/mol. The molecule has 0 fully saturated rings. The third-order valence-corrected chi connectivity index (χ3v) is 2.19. The van der Waals surface area contributed by atoms with Crippen LogP contribution in [0.1, 0.15) is 26.7 Å². The van der Waals surface area contributed by atoms with E-state index in [1.54, 1.807) is 13.0 Å². The van der Waals surface area contributed by atoms with Gasteiger partial charge in [0, 0.05) is 5.92 Å². The molecule has 0 unspecified atom stereocenters. The van der Waals surface area contributed by atoms with Crippen LogP contribution in [0, 0.1) is 5.92 Å². The van der Waals surface area contributed by atoms with E-state index in [0.717, 1.165) is 18.4 Å². The maximum atomic E-state index is 11.2. The van der Waals surface area contributed by atoms with Gasteiger partial charge in [0.05, 0.1) is 6.10 Å². The van der Waals surface area contributed by atoms with E-state index in [1.807, 2.05) is 6.92 Å². The third-order valence-electron chi connectivity index (χ3n) is 2.19. The Labute approximate surface area is 66.9 Å². The fourth-order valence-corrected chi connectivity index (χ4v) is 1.43. The SMILES string of the molecule is CC1=CC(=O)[C@@H]([C@H](C)O)CC1. The normalized spacial score (nSPS) is 28.1. The highest BCUT2D eigenvalue weighted by molar-refractivity contribution is 5.93. The highest BCUT2D eigenvalue weighted by Crippen LogP contribution is 2.22. The molecule has 0 aliphatic heterocycles. The predicted molar refractivity (Wildman–Crippen MR) is 43.2 cm³/mol. The first-order valence-corrected chi connectivity index (χ1v) is 4.00. The van der Waals surface area contributed by atoms with Crippen molar-refractivity contribution in [2.45, 2.75) is 32.8 Å². The molecule has 2 nitrogen and oxygen atoms in total. The van der Waals surface area contributed by atoms with Gasteiger partial charge >= 0.3 is 0 Å². The second-order valence-electron chi connectivity index (χ2n) is 3.28. The molecule has 62 valence electrons. The van der Waals surface area contributed by atoms with Gasteiger partial charge in [-0.3, -0.25) is 4.79 Å². The molecule has 0 heterocycles. The lowest BCUT2D eigenvalue weighted by molar-refractivity contribution is -0.121. The van der Waals surface area contributed by atoms with Crippen molar-refractivity contribution in [3.63, 3.8) is 0 Å². The van der Waals surface area contributed by atoms with Crippen LogP contribution in [-0.2, 0) is 4.79 Å². The van der Waals surface area contributed by atoms with Crippen LogP contribution in [0.15, 0.2) is 11.6 Å². The van der Waals surface area contributed by atoms with Crippen molar-refractivity contribution in [1.29, 1.82) is 0 Å². The molecule has 0 saturated heterocycles. The van der Waals surface area contributed by atoms with Gasteiger partial charge in [0.2, 0.25) is 0 Å². The van der Waals surface area contributed by atoms with Crippen LogP contribution in [0.5, 0.6) is 0 Å². The maximum absolute atomic E-state index is 11.2. The molecule has 2 atom stereocenters. The zero-order valence-electron chi connectivity index (χ0n) is 7.00. The van der Waals surface area contributed by atoms with Crippen molar-refractivity contribution in [1.82, 2.24) is 0 Å². The van der Waals surface area contributed by atoms with Gasteiger partial charge in [-0.25, -0.2) is 0 Å². The van der Waals surface area contributed by atoms with Crippen molar-refractivity contribution in [2.75, 3.05) is 0 Å². The van der Waals surface area contributed by atoms with Crippen LogP contribution in [0.3, 0.4) is 0 Å². The minimum absolute atomic E-state index is 0.0868. The van der Waals surface area contributed by atoms with Crippen molar-refractivity contribution in [3.05, 3.63) is 11.6 Å². The lowest BCUT2D eigenvalue weighted by Crippen LogP contribution is -2.27. The Morgan fingerprint density at radius 3 is 2.82 bits per heavy atom. The average molecular weight is 154 g/mol. The van der Waals surface area contributed by atoms with Crippen LogP contribution in [-0.4, -0.2) is 17.0 Å². The minimum Gasteiger partial charge on any atom is -0.393 e. The summed E-state index contributed by atoms with van der Waals surface area (Å²) in [4.78, 5) is 11.2. The summed E-state index contributed by atoms with van der Waals surface area (Å²) in [6.45, 7) is 3.63. The number of hydrogen-bond donors (Lipinski definition) is 1. The number of carbonyl (C=O) groups is 1. The topological polar surface area (TPSA) is 37.3 Å². The molecule has 0 amide bonds. The molecule has 1 aliphatic rings. The van der Waals surface area contributed by atoms with E-state index < -0.39 is 6.10 Å². The molecule has 11 heavy (non-hydrogen) atoms. The molecule has 0 bridgehead atoms. The second kappa shape index (κ2) is 3.18. The molecule has 0 spiro atoms. The first-order chi connectivity index (χ1) is 5.11. The van der Waals surface area contributed by atoms with Gasteiger partial charge in [-0.1, -0.05) is 5.57 Å². The zero-order valence-corrected chi connectivity index (χ0v) is 7.00. The zero-order chi connectivity index (χ0) is 8.43. The van der Waals surface area contributed by atoms with E-state index in [0.29, 0.717) is 0 Å². The molecule has 0 radical (unpaired) electrons. The van der Waals surface area contributed by atoms with E-state index >= 15 is 0 Å². The molecule has 0 aromatic carbocycles. The Balaban J connectivity index is 2.68. The Morgan fingerprint density at radius 1 is 1.73 bits per heavy atom. The fraction of sp³-hybridized carbons (Fsp3) is 0.667. The van der Waals surface area contributed by atoms with Gasteiger partial charge < -0.3 is 5.11 Å². The van der Waals surface area contributed by atoms with Crippen molar-refractivity contribution < 1.29 is 9.90 Å². The molecule has 1 rings (SSSR count). The van der Waals surface area contributed by atoms with E-state index in [-0.39, 0.29) is 11.7 Å². The van der Waals surface area contributed by atoms with Gasteiger partial charge in [-0.15, -0.1) is 0 Å². The summed E-state index contributed by atoms with van der Waals surface area (Å²) in [5.41, 5.74) is 1.13. The fourth-order valence-electron chi connectivity index (χ4n) is 1.43. The van der Waals surface area contributed by atoms with Crippen LogP contribution in [0.4, 0.5) is 0 Å². The average Bonchev–Trinajstić information content (AvgIpc) is 1.85. The molecule has 0 saturated carbocycles. The van der Waals surface area contributed by atoms with Gasteiger partial charge in [-0.05, 0) is 32.8 Å². The largest absolute Gasteiger partial charge is 0.393 e. The highest BCUT2D eigenvalue weighted by atomic mass is 16.3. The smallest absolute Gasteiger partial charge is 0.161 e. The number of aliphatic hydroxyl groups is 1. The van der Waals surface area contributed by atoms with Crippen molar-refractivity contribution >= 4 is 5.78 Å². The lowest BCUT2D eigenvalue weighted by atomic mass is 9.86. The summed E-state index contributed by atoms with van der Waals surface area (Å²) in [6, 6.07) is 0. The molecule has 1 aliphatic carbocycles. The highest BCUT2D eigenvalue weighted by Gasteiger charge is 2.24. The van der Waals surface area contributed by atoms with Gasteiger partial charge in [-0.2, -0.15) is 0 Å². The van der Waals surface area contributed by atoms with Gasteiger partial charge in [0.25, 0.3) is 0 Å². The molecule has 0 aromatic rings. The summed E-state index contributed by atoms with van der Waals surface area (Å²) in [5, 5.41) is 9.18. The number of carbonyl (C=O) groups excluding carboxylic acids is 1. The van der Waals surface area contributed by atoms with Crippen LogP contribution >= 0.6 is 0 Å². The summed E-state index contributed by atoms with van der Waals surface area (Å²) in [6.07, 6.45) is 2.91. The standard InChI is InChI=1S/C9H14O2/c1-6-3-4-8(7(2)10)9(11)5-6/h5,7-8,10H,3-4H2,1-2H3/t7-,8+/m0/s1. The maximum Gasteiger partial charge on any atom is 0.161 e. The number of ketones is 1. The van der Waals surface area contributed by atoms with E-state index in [9.17, 15) is 9.90 Å². The molecule has 1 N–H and O–H groups in total. The molecule has 0 aromatic heterocycles. The first-order valence-electron chi connectivity index (χ1n) is 4.00. The predicted octanol–water partition coefficient (Wildman–Crippen LogP) is 1.29. The Kier molecular flexibility index (Phi) is 2.45. The summed E-state index contributed by atoms with van der Waals surface area (Å²) in [7, 11) is 0. The van der Waals surface area contributed by atoms with E-state index in [1.165, 1.54) is 0 Å². The summed E-state index contributed by atoms with van der Waals surface area (Å²) >= 11 is 0. The van der Waals surface area contributed by atoms with Crippen LogP contribution in [0.2, 0.25) is 0 Å². The van der Waals surface area contributed by atoms with Crippen molar-refractivity contribution in [2.24, 2.45) is 5.92 Å². The third kappa shape index (κ3) is 1.90. The monoisotopic (exact) mass is 154 g/mol. The summed E-state index contributed by atoms with van der Waals surface area (Å²) in [5.74, 6) is -0.0672. The first kappa shape index (κ1) is 8.47. The summed E-state index contributed by atoms with van der Waals surface area (Å²) < 4.78 is 0. The number of hydrogen-bond acceptors (Lipinski definition) is 2. The van der Waals surface area contributed by atoms with E-state index in [4.69, 9.17) is 0 Å². The number of allylic oxidation sites excluding steroid dienone is 2. The number of aliphatic hydroxyl groups excluding tert-OH is 1. The number of rotatable bonds is 1. The van der Waals surface area contributed by atoms with Crippen LogP contribution < -0.4 is 0 Å². The Bertz CT molecular complexity index is 192. The minimum atomic E-state index is -0.494. The quantitative estimate of drug-likeness (QED) is 0.618. The van der Waals surface area contributed by atoms with E-state index in [2.05, 4.69) is 0 Å². The van der Waals surface area contributed by atoms with Crippen molar-refractivity contribution in [3.8, 4) is 0 Å². The Hall–Kier alpha value is -0.630. The van der Waals surface area contributed by atoms with Gasteiger partial charge in [0.15, 0.2) is 5.78 Å². The molecule has 2 heteroatoms. The second-order valence-corrected chi connectivity index (χ2v) is 3.28.